The van der Waals surface area contributed by atoms with Gasteiger partial charge in [-0.05, 0) is 31.1 Å². The average Bonchev–Trinajstić information content (AvgIpc) is 3.13. The van der Waals surface area contributed by atoms with E-state index in [9.17, 15) is 18.0 Å². The Hall–Kier alpha value is -3.70. The standard InChI is InChI=1S/C21H20F3N7O/c22-14-6-11(2-3-12(14)9-26-5-1-4-25)13-10-27-20(30-19(13)32)31-21-28-17-7-15(23)16(24)8-18(17)29-21/h2-3,6-8,10,26H,1,4-5,9,25H2,(H3,27,28,29,30,31,32). The molecule has 0 saturated heterocycles. The van der Waals surface area contributed by atoms with E-state index in [0.29, 0.717) is 30.8 Å². The number of fused-ring (bicyclic) bond motifs is 1. The maximum absolute atomic E-state index is 14.4. The van der Waals surface area contributed by atoms with E-state index in [1.165, 1.54) is 12.3 Å². The van der Waals surface area contributed by atoms with Crippen molar-refractivity contribution in [2.75, 3.05) is 18.4 Å². The van der Waals surface area contributed by atoms with Gasteiger partial charge in [0.15, 0.2) is 11.6 Å². The number of benzene rings is 2. The van der Waals surface area contributed by atoms with E-state index in [0.717, 1.165) is 18.6 Å². The van der Waals surface area contributed by atoms with Crippen LogP contribution in [-0.2, 0) is 6.54 Å². The van der Waals surface area contributed by atoms with Gasteiger partial charge in [0.25, 0.3) is 5.56 Å². The molecular weight excluding hydrogens is 423 g/mol. The summed E-state index contributed by atoms with van der Waals surface area (Å²) in [6, 6.07) is 6.47. The Balaban J connectivity index is 1.51. The van der Waals surface area contributed by atoms with Gasteiger partial charge in [-0.25, -0.2) is 18.2 Å². The molecule has 11 heteroatoms. The Labute approximate surface area is 180 Å². The summed E-state index contributed by atoms with van der Waals surface area (Å²) in [6.07, 6.45) is 2.19. The first-order valence-corrected chi connectivity index (χ1v) is 9.85. The number of nitrogens with one attached hydrogen (secondary N) is 4. The number of hydrogen-bond acceptors (Lipinski definition) is 6. The monoisotopic (exact) mass is 443 g/mol. The van der Waals surface area contributed by atoms with Gasteiger partial charge < -0.3 is 21.0 Å². The molecule has 0 bridgehead atoms. The van der Waals surface area contributed by atoms with Crippen molar-refractivity contribution >= 4 is 22.9 Å². The van der Waals surface area contributed by atoms with Crippen LogP contribution in [0.1, 0.15) is 12.0 Å². The van der Waals surface area contributed by atoms with E-state index < -0.39 is 23.0 Å². The Morgan fingerprint density at radius 3 is 2.56 bits per heavy atom. The number of rotatable bonds is 8. The molecule has 0 aliphatic rings. The fraction of sp³-hybridized carbons (Fsp3) is 0.190. The number of halogens is 3. The van der Waals surface area contributed by atoms with Crippen LogP contribution in [0.5, 0.6) is 0 Å². The summed E-state index contributed by atoms with van der Waals surface area (Å²) in [6.45, 7) is 1.60. The molecule has 0 fully saturated rings. The predicted molar refractivity (Wildman–Crippen MR) is 115 cm³/mol. The molecule has 2 aromatic heterocycles. The molecule has 0 spiro atoms. The topological polar surface area (TPSA) is 125 Å². The van der Waals surface area contributed by atoms with Crippen LogP contribution in [0.2, 0.25) is 0 Å². The SMILES string of the molecule is NCCCNCc1ccc(-c2c[nH]c(Nc3nc4cc(F)c(F)cc4[nH]3)nc2=O)cc1F. The molecule has 0 saturated carbocycles. The minimum atomic E-state index is -1.02. The van der Waals surface area contributed by atoms with Gasteiger partial charge in [0.05, 0.1) is 16.6 Å². The molecule has 4 rings (SSSR count). The molecular formula is C21H20F3N7O. The second kappa shape index (κ2) is 9.20. The van der Waals surface area contributed by atoms with Crippen LogP contribution >= 0.6 is 0 Å². The summed E-state index contributed by atoms with van der Waals surface area (Å²) in [4.78, 5) is 26.0. The van der Waals surface area contributed by atoms with Crippen molar-refractivity contribution in [1.29, 1.82) is 0 Å². The molecule has 8 nitrogen and oxygen atoms in total. The summed E-state index contributed by atoms with van der Waals surface area (Å²) in [5, 5.41) is 5.84. The number of hydrogen-bond donors (Lipinski definition) is 5. The van der Waals surface area contributed by atoms with Crippen LogP contribution < -0.4 is 21.9 Å². The van der Waals surface area contributed by atoms with Crippen molar-refractivity contribution in [3.8, 4) is 11.1 Å². The lowest BCUT2D eigenvalue weighted by atomic mass is 10.1. The van der Waals surface area contributed by atoms with Crippen molar-refractivity contribution in [1.82, 2.24) is 25.3 Å². The van der Waals surface area contributed by atoms with E-state index in [1.54, 1.807) is 12.1 Å². The van der Waals surface area contributed by atoms with Crippen LogP contribution in [0.25, 0.3) is 22.2 Å². The van der Waals surface area contributed by atoms with E-state index >= 15 is 0 Å². The minimum absolute atomic E-state index is 0.0555. The molecule has 0 radical (unpaired) electrons. The number of nitrogens with zero attached hydrogens (tertiary/aromatic N) is 2. The van der Waals surface area contributed by atoms with Crippen molar-refractivity contribution < 1.29 is 13.2 Å². The van der Waals surface area contributed by atoms with Gasteiger partial charge >= 0.3 is 0 Å². The van der Waals surface area contributed by atoms with E-state index in [4.69, 9.17) is 5.73 Å². The Bertz CT molecular complexity index is 1280. The van der Waals surface area contributed by atoms with E-state index in [-0.39, 0.29) is 28.5 Å². The average molecular weight is 443 g/mol. The molecule has 0 unspecified atom stereocenters. The Morgan fingerprint density at radius 1 is 1.00 bits per heavy atom. The lowest BCUT2D eigenvalue weighted by Gasteiger charge is -2.08. The molecule has 0 amide bonds. The highest BCUT2D eigenvalue weighted by Gasteiger charge is 2.12. The van der Waals surface area contributed by atoms with E-state index in [1.807, 2.05) is 0 Å². The number of nitrogens with two attached hydrogens (primary N) is 1. The third-order valence-corrected chi connectivity index (χ3v) is 4.79. The highest BCUT2D eigenvalue weighted by Crippen LogP contribution is 2.21. The summed E-state index contributed by atoms with van der Waals surface area (Å²) in [5.74, 6) is -2.27. The summed E-state index contributed by atoms with van der Waals surface area (Å²) in [5.41, 5.74) is 6.36. The van der Waals surface area contributed by atoms with Gasteiger partial charge in [0.2, 0.25) is 11.9 Å². The smallest absolute Gasteiger partial charge is 0.282 e. The molecule has 0 atom stereocenters. The summed E-state index contributed by atoms with van der Waals surface area (Å²) >= 11 is 0. The molecule has 6 N–H and O–H groups in total. The normalized spacial score (nSPS) is 11.2. The third kappa shape index (κ3) is 4.63. The van der Waals surface area contributed by atoms with Crippen molar-refractivity contribution in [2.45, 2.75) is 13.0 Å². The summed E-state index contributed by atoms with van der Waals surface area (Å²) in [7, 11) is 0. The molecule has 2 aromatic carbocycles. The quantitative estimate of drug-likeness (QED) is 0.267. The number of H-pyrrole nitrogens is 2. The molecule has 0 aliphatic carbocycles. The summed E-state index contributed by atoms with van der Waals surface area (Å²) < 4.78 is 41.1. The first-order valence-electron chi connectivity index (χ1n) is 9.85. The van der Waals surface area contributed by atoms with Gasteiger partial charge in [0, 0.05) is 30.4 Å². The highest BCUT2D eigenvalue weighted by atomic mass is 19.2. The lowest BCUT2D eigenvalue weighted by molar-refractivity contribution is 0.510. The number of imidazole rings is 1. The first kappa shape index (κ1) is 21.5. The molecule has 4 aromatic rings. The zero-order chi connectivity index (χ0) is 22.7. The van der Waals surface area contributed by atoms with Crippen LogP contribution in [0.4, 0.5) is 25.1 Å². The number of aromatic amines is 2. The molecule has 166 valence electrons. The second-order valence-electron chi connectivity index (χ2n) is 7.09. The third-order valence-electron chi connectivity index (χ3n) is 4.79. The Morgan fingerprint density at radius 2 is 1.81 bits per heavy atom. The fourth-order valence-corrected chi connectivity index (χ4v) is 3.15. The van der Waals surface area contributed by atoms with Crippen molar-refractivity contribution in [3.05, 3.63) is 69.9 Å². The fourth-order valence-electron chi connectivity index (χ4n) is 3.15. The van der Waals surface area contributed by atoms with Gasteiger partial charge in [-0.1, -0.05) is 12.1 Å². The van der Waals surface area contributed by atoms with E-state index in [2.05, 4.69) is 30.6 Å². The van der Waals surface area contributed by atoms with Crippen LogP contribution in [0.15, 0.2) is 41.3 Å². The van der Waals surface area contributed by atoms with Crippen LogP contribution in [-0.4, -0.2) is 33.0 Å². The number of aromatic nitrogens is 4. The van der Waals surface area contributed by atoms with Crippen LogP contribution in [0, 0.1) is 17.5 Å². The van der Waals surface area contributed by atoms with Gasteiger partial charge in [-0.3, -0.25) is 10.1 Å². The highest BCUT2D eigenvalue weighted by molar-refractivity contribution is 5.78. The molecule has 2 heterocycles. The Kier molecular flexibility index (Phi) is 6.19. The molecule has 0 aliphatic heterocycles. The zero-order valence-corrected chi connectivity index (χ0v) is 16.8. The van der Waals surface area contributed by atoms with Crippen molar-refractivity contribution in [3.63, 3.8) is 0 Å². The zero-order valence-electron chi connectivity index (χ0n) is 16.8. The maximum atomic E-state index is 14.4. The van der Waals surface area contributed by atoms with Crippen LogP contribution in [0.3, 0.4) is 0 Å². The predicted octanol–water partition coefficient (Wildman–Crippen LogP) is 2.91. The second-order valence-corrected chi connectivity index (χ2v) is 7.09. The minimum Gasteiger partial charge on any atom is -0.331 e. The first-order chi connectivity index (χ1) is 15.4. The number of anilines is 2. The largest absolute Gasteiger partial charge is 0.331 e. The maximum Gasteiger partial charge on any atom is 0.282 e. The van der Waals surface area contributed by atoms with Gasteiger partial charge in [-0.15, -0.1) is 0 Å². The molecule has 32 heavy (non-hydrogen) atoms. The van der Waals surface area contributed by atoms with Gasteiger partial charge in [-0.2, -0.15) is 4.98 Å². The van der Waals surface area contributed by atoms with Crippen molar-refractivity contribution in [2.24, 2.45) is 5.73 Å². The van der Waals surface area contributed by atoms with Gasteiger partial charge in [0.1, 0.15) is 5.82 Å². The lowest BCUT2D eigenvalue weighted by Crippen LogP contribution is -2.18.